The number of nitrogens with zero attached hydrogens (tertiary/aromatic N) is 4. The molecule has 0 aliphatic carbocycles. The maximum atomic E-state index is 14.0. The van der Waals surface area contributed by atoms with Gasteiger partial charge >= 0.3 is 0 Å². The van der Waals surface area contributed by atoms with Gasteiger partial charge in [0.1, 0.15) is 23.3 Å². The molecular formula is C16H17FN6. The van der Waals surface area contributed by atoms with Crippen LogP contribution in [0.25, 0.3) is 17.0 Å². The lowest BCUT2D eigenvalue weighted by Gasteiger charge is -2.27. The fourth-order valence-electron chi connectivity index (χ4n) is 2.84. The number of alkyl halides is 1. The van der Waals surface area contributed by atoms with Crippen molar-refractivity contribution < 1.29 is 4.39 Å². The molecule has 0 bridgehead atoms. The fraction of sp³-hybridized carbons (Fsp3) is 0.312. The molecule has 3 aromatic heterocycles. The molecule has 4 rings (SSSR count). The highest BCUT2D eigenvalue weighted by molar-refractivity contribution is 5.60. The maximum Gasteiger partial charge on any atom is 0.145 e. The number of nitrogens with one attached hydrogen (secondary N) is 2. The van der Waals surface area contributed by atoms with Crippen LogP contribution < -0.4 is 10.6 Å². The van der Waals surface area contributed by atoms with E-state index in [0.717, 1.165) is 11.3 Å². The largest absolute Gasteiger partial charge is 0.362 e. The Morgan fingerprint density at radius 3 is 3.13 bits per heavy atom. The number of halogens is 1. The third kappa shape index (κ3) is 2.75. The molecule has 3 aromatic rings. The summed E-state index contributed by atoms with van der Waals surface area (Å²) in [5.41, 5.74) is 2.41. The molecular weight excluding hydrogens is 295 g/mol. The summed E-state index contributed by atoms with van der Waals surface area (Å²) in [6.07, 6.45) is 6.64. The molecule has 1 saturated heterocycles. The molecule has 0 radical (unpaired) electrons. The van der Waals surface area contributed by atoms with Crippen LogP contribution in [0.3, 0.4) is 0 Å². The second-order valence-electron chi connectivity index (χ2n) is 5.62. The van der Waals surface area contributed by atoms with Gasteiger partial charge in [-0.05, 0) is 25.1 Å². The normalized spacial score (nSPS) is 21.4. The lowest BCUT2D eigenvalue weighted by molar-refractivity contribution is 0.241. The number of anilines is 1. The molecule has 2 N–H and O–H groups in total. The monoisotopic (exact) mass is 312 g/mol. The van der Waals surface area contributed by atoms with Gasteiger partial charge in [-0.1, -0.05) is 6.07 Å². The van der Waals surface area contributed by atoms with Crippen LogP contribution in [0, 0.1) is 0 Å². The summed E-state index contributed by atoms with van der Waals surface area (Å²) >= 11 is 0. The molecule has 0 spiro atoms. The van der Waals surface area contributed by atoms with Crippen molar-refractivity contribution in [3.05, 3.63) is 43.0 Å². The zero-order chi connectivity index (χ0) is 15.6. The Kier molecular flexibility index (Phi) is 3.63. The minimum atomic E-state index is -0.877. The van der Waals surface area contributed by atoms with Gasteiger partial charge < -0.3 is 10.6 Å². The molecule has 1 aliphatic heterocycles. The van der Waals surface area contributed by atoms with E-state index in [-0.39, 0.29) is 6.04 Å². The van der Waals surface area contributed by atoms with Crippen molar-refractivity contribution in [3.8, 4) is 11.4 Å². The molecule has 1 aliphatic rings. The zero-order valence-electron chi connectivity index (χ0n) is 12.5. The Morgan fingerprint density at radius 1 is 1.26 bits per heavy atom. The van der Waals surface area contributed by atoms with Gasteiger partial charge in [-0.3, -0.25) is 9.38 Å². The standard InChI is InChI=1S/C16H17FN6/c17-11-4-5-18-7-12(11)21-15-10-19-8-13(22-15)14-9-20-16-3-1-2-6-23(14)16/h1-3,6,8-12,18H,4-5,7H2,(H,21,22). The average molecular weight is 312 g/mol. The van der Waals surface area contributed by atoms with E-state index in [4.69, 9.17) is 0 Å². The smallest absolute Gasteiger partial charge is 0.145 e. The van der Waals surface area contributed by atoms with Gasteiger partial charge in [0, 0.05) is 12.7 Å². The number of pyridine rings is 1. The predicted octanol–water partition coefficient (Wildman–Crippen LogP) is 1.90. The van der Waals surface area contributed by atoms with Crippen LogP contribution in [0.2, 0.25) is 0 Å². The van der Waals surface area contributed by atoms with Gasteiger partial charge in [0.05, 0.1) is 30.3 Å². The van der Waals surface area contributed by atoms with Crippen molar-refractivity contribution in [2.45, 2.75) is 18.6 Å². The molecule has 1 fully saturated rings. The molecule has 7 heteroatoms. The molecule has 2 unspecified atom stereocenters. The first-order chi connectivity index (χ1) is 11.3. The van der Waals surface area contributed by atoms with Crippen LogP contribution >= 0.6 is 0 Å². The quantitative estimate of drug-likeness (QED) is 0.773. The van der Waals surface area contributed by atoms with Gasteiger partial charge in [0.2, 0.25) is 0 Å². The second-order valence-corrected chi connectivity index (χ2v) is 5.62. The van der Waals surface area contributed by atoms with Crippen molar-refractivity contribution in [2.75, 3.05) is 18.4 Å². The second kappa shape index (κ2) is 5.92. The number of rotatable bonds is 3. The van der Waals surface area contributed by atoms with Gasteiger partial charge in [-0.15, -0.1) is 0 Å². The van der Waals surface area contributed by atoms with E-state index >= 15 is 0 Å². The summed E-state index contributed by atoms with van der Waals surface area (Å²) in [5, 5.41) is 6.33. The first-order valence-electron chi connectivity index (χ1n) is 7.67. The van der Waals surface area contributed by atoms with Crippen molar-refractivity contribution in [3.63, 3.8) is 0 Å². The minimum Gasteiger partial charge on any atom is -0.362 e. The van der Waals surface area contributed by atoms with E-state index in [1.165, 1.54) is 0 Å². The first kappa shape index (κ1) is 14.1. The van der Waals surface area contributed by atoms with Crippen LogP contribution in [0.1, 0.15) is 6.42 Å². The van der Waals surface area contributed by atoms with E-state index in [2.05, 4.69) is 25.6 Å². The van der Waals surface area contributed by atoms with E-state index in [0.29, 0.717) is 31.0 Å². The van der Waals surface area contributed by atoms with Gasteiger partial charge in [0.15, 0.2) is 0 Å². The third-order valence-corrected chi connectivity index (χ3v) is 4.05. The molecule has 4 heterocycles. The number of aromatic nitrogens is 4. The topological polar surface area (TPSA) is 67.1 Å². The summed E-state index contributed by atoms with van der Waals surface area (Å²) in [6, 6.07) is 5.53. The minimum absolute atomic E-state index is 0.282. The Labute approximate surface area is 132 Å². The summed E-state index contributed by atoms with van der Waals surface area (Å²) in [5.74, 6) is 0.574. The molecule has 0 amide bonds. The van der Waals surface area contributed by atoms with Crippen LogP contribution in [-0.4, -0.2) is 44.7 Å². The Balaban J connectivity index is 1.63. The van der Waals surface area contributed by atoms with Crippen LogP contribution in [0.5, 0.6) is 0 Å². The van der Waals surface area contributed by atoms with E-state index in [1.807, 2.05) is 28.8 Å². The summed E-state index contributed by atoms with van der Waals surface area (Å²) in [7, 11) is 0. The number of piperidine rings is 1. The lowest BCUT2D eigenvalue weighted by atomic mass is 10.1. The lowest BCUT2D eigenvalue weighted by Crippen LogP contribution is -2.46. The van der Waals surface area contributed by atoms with Crippen LogP contribution in [0.15, 0.2) is 43.0 Å². The molecule has 6 nitrogen and oxygen atoms in total. The molecule has 23 heavy (non-hydrogen) atoms. The Bertz CT molecular complexity index is 817. The Morgan fingerprint density at radius 2 is 2.22 bits per heavy atom. The predicted molar refractivity (Wildman–Crippen MR) is 86.0 cm³/mol. The van der Waals surface area contributed by atoms with Gasteiger partial charge in [-0.2, -0.15) is 0 Å². The van der Waals surface area contributed by atoms with Crippen molar-refractivity contribution in [1.29, 1.82) is 0 Å². The number of hydrogen-bond donors (Lipinski definition) is 2. The Hall–Kier alpha value is -2.54. The maximum absolute atomic E-state index is 14.0. The highest BCUT2D eigenvalue weighted by atomic mass is 19.1. The third-order valence-electron chi connectivity index (χ3n) is 4.05. The average Bonchev–Trinajstić information content (AvgIpc) is 3.01. The first-order valence-corrected chi connectivity index (χ1v) is 7.67. The molecule has 0 saturated carbocycles. The van der Waals surface area contributed by atoms with Crippen LogP contribution in [-0.2, 0) is 0 Å². The van der Waals surface area contributed by atoms with Crippen molar-refractivity contribution in [1.82, 2.24) is 24.7 Å². The van der Waals surface area contributed by atoms with E-state index < -0.39 is 6.17 Å². The van der Waals surface area contributed by atoms with Crippen LogP contribution in [0.4, 0.5) is 10.2 Å². The van der Waals surface area contributed by atoms with Crippen molar-refractivity contribution in [2.24, 2.45) is 0 Å². The fourth-order valence-corrected chi connectivity index (χ4v) is 2.84. The number of imidazole rings is 1. The number of fused-ring (bicyclic) bond motifs is 1. The molecule has 2 atom stereocenters. The molecule has 118 valence electrons. The number of hydrogen-bond acceptors (Lipinski definition) is 5. The SMILES string of the molecule is FC1CCNCC1Nc1cncc(-c2cnc3ccccn23)n1. The summed E-state index contributed by atoms with van der Waals surface area (Å²) in [6.45, 7) is 1.30. The van der Waals surface area contributed by atoms with Gasteiger partial charge in [0.25, 0.3) is 0 Å². The summed E-state index contributed by atoms with van der Waals surface area (Å²) in [4.78, 5) is 13.2. The molecule has 0 aromatic carbocycles. The van der Waals surface area contributed by atoms with E-state index in [9.17, 15) is 4.39 Å². The van der Waals surface area contributed by atoms with Gasteiger partial charge in [-0.25, -0.2) is 14.4 Å². The highest BCUT2D eigenvalue weighted by Crippen LogP contribution is 2.20. The zero-order valence-corrected chi connectivity index (χ0v) is 12.5. The highest BCUT2D eigenvalue weighted by Gasteiger charge is 2.24. The summed E-state index contributed by atoms with van der Waals surface area (Å²) < 4.78 is 15.9. The van der Waals surface area contributed by atoms with E-state index in [1.54, 1.807) is 18.6 Å². The van der Waals surface area contributed by atoms with Crippen molar-refractivity contribution >= 4 is 11.5 Å².